The maximum atomic E-state index is 12.7. The molecule has 0 amide bonds. The van der Waals surface area contributed by atoms with E-state index in [9.17, 15) is 10.0 Å². The molecule has 0 spiro atoms. The average Bonchev–Trinajstić information content (AvgIpc) is 3.35. The van der Waals surface area contributed by atoms with Gasteiger partial charge in [0, 0.05) is 35.6 Å². The molecule has 0 radical (unpaired) electrons. The maximum Gasteiger partial charge on any atom is 0.139 e. The van der Waals surface area contributed by atoms with Crippen molar-refractivity contribution in [1.29, 1.82) is 0 Å². The zero-order chi connectivity index (χ0) is 20.4. The van der Waals surface area contributed by atoms with Crippen LogP contribution in [0, 0.1) is 52.8 Å². The van der Waals surface area contributed by atoms with Crippen LogP contribution in [0.5, 0.6) is 0 Å². The molecule has 0 aromatic heterocycles. The Bertz CT molecular complexity index is 770. The van der Waals surface area contributed by atoms with Crippen LogP contribution in [-0.4, -0.2) is 40.7 Å². The van der Waals surface area contributed by atoms with Gasteiger partial charge in [0.25, 0.3) is 0 Å². The first-order valence-electron chi connectivity index (χ1n) is 11.9. The van der Waals surface area contributed by atoms with Gasteiger partial charge < -0.3 is 5.21 Å². The van der Waals surface area contributed by atoms with Crippen LogP contribution in [0.25, 0.3) is 0 Å². The van der Waals surface area contributed by atoms with Crippen molar-refractivity contribution < 1.29 is 10.0 Å². The minimum absolute atomic E-state index is 0. The van der Waals surface area contributed by atoms with Crippen LogP contribution < -0.4 is 0 Å². The van der Waals surface area contributed by atoms with Crippen LogP contribution in [-0.2, 0) is 4.79 Å². The number of Topliss-reactive ketones (excluding diaryl/α,β-unsaturated/α-hetero) is 1. The normalized spacial score (nSPS) is 49.6. The second kappa shape index (κ2) is 7.82. The molecular formula is C25H37ClN2O2. The molecule has 3 unspecified atom stereocenters. The molecule has 5 rings (SSSR count). The van der Waals surface area contributed by atoms with Crippen LogP contribution in [0.4, 0.5) is 0 Å². The van der Waals surface area contributed by atoms with Crippen molar-refractivity contribution in [2.45, 2.75) is 77.7 Å². The molecule has 30 heavy (non-hydrogen) atoms. The molecule has 4 aliphatic carbocycles. The molecule has 0 aromatic carbocycles. The van der Waals surface area contributed by atoms with E-state index in [2.05, 4.69) is 29.8 Å². The monoisotopic (exact) mass is 432 g/mol. The smallest absolute Gasteiger partial charge is 0.139 e. The van der Waals surface area contributed by atoms with Gasteiger partial charge in [0.2, 0.25) is 0 Å². The minimum atomic E-state index is -0.146. The van der Waals surface area contributed by atoms with Crippen molar-refractivity contribution in [1.82, 2.24) is 4.90 Å². The second-order valence-electron chi connectivity index (χ2n) is 11.1. The van der Waals surface area contributed by atoms with Crippen molar-refractivity contribution in [2.75, 3.05) is 13.1 Å². The predicted octanol–water partition coefficient (Wildman–Crippen LogP) is 4.78. The highest BCUT2D eigenvalue weighted by atomic mass is 35.5. The third-order valence-electron chi connectivity index (χ3n) is 10.3. The van der Waals surface area contributed by atoms with Gasteiger partial charge in [-0.05, 0) is 81.7 Å². The molecule has 5 aliphatic rings. The van der Waals surface area contributed by atoms with Crippen LogP contribution in [0.2, 0.25) is 0 Å². The Labute approximate surface area is 187 Å². The van der Waals surface area contributed by atoms with E-state index >= 15 is 0 Å². The minimum Gasteiger partial charge on any atom is -0.411 e. The Morgan fingerprint density at radius 2 is 1.87 bits per heavy atom. The lowest BCUT2D eigenvalue weighted by atomic mass is 9.42. The van der Waals surface area contributed by atoms with Crippen LogP contribution in [0.3, 0.4) is 0 Å². The van der Waals surface area contributed by atoms with Gasteiger partial charge >= 0.3 is 0 Å². The lowest BCUT2D eigenvalue weighted by molar-refractivity contribution is -0.135. The van der Waals surface area contributed by atoms with Crippen LogP contribution >= 0.6 is 12.4 Å². The summed E-state index contributed by atoms with van der Waals surface area (Å²) >= 11 is 0. The van der Waals surface area contributed by atoms with Gasteiger partial charge in [-0.2, -0.15) is 0 Å². The lowest BCUT2D eigenvalue weighted by Gasteiger charge is -2.62. The first-order chi connectivity index (χ1) is 13.9. The predicted molar refractivity (Wildman–Crippen MR) is 121 cm³/mol. The molecule has 8 atom stereocenters. The molecule has 4 nitrogen and oxygen atoms in total. The van der Waals surface area contributed by atoms with Crippen molar-refractivity contribution in [3.8, 4) is 12.3 Å². The molecule has 0 aromatic rings. The summed E-state index contributed by atoms with van der Waals surface area (Å²) in [6.45, 7) is 6.91. The number of hydrogen-bond acceptors (Lipinski definition) is 4. The Morgan fingerprint density at radius 1 is 1.13 bits per heavy atom. The zero-order valence-electron chi connectivity index (χ0n) is 18.5. The van der Waals surface area contributed by atoms with Crippen molar-refractivity contribution in [2.24, 2.45) is 45.6 Å². The van der Waals surface area contributed by atoms with E-state index in [0.29, 0.717) is 35.5 Å². The van der Waals surface area contributed by atoms with E-state index in [1.807, 2.05) is 0 Å². The lowest BCUT2D eigenvalue weighted by Crippen LogP contribution is -2.61. The second-order valence-corrected chi connectivity index (χ2v) is 11.1. The Hall–Kier alpha value is -1.05. The number of likely N-dealkylation sites (tertiary alicyclic amines) is 1. The molecule has 1 aliphatic heterocycles. The summed E-state index contributed by atoms with van der Waals surface area (Å²) in [6, 6.07) is 0.468. The van der Waals surface area contributed by atoms with E-state index in [4.69, 9.17) is 6.42 Å². The van der Waals surface area contributed by atoms with Crippen LogP contribution in [0.1, 0.15) is 71.6 Å². The number of carbonyl (C=O) groups is 1. The highest BCUT2D eigenvalue weighted by Crippen LogP contribution is 2.66. The number of oxime groups is 1. The fraction of sp³-hybridized carbons (Fsp3) is 0.840. The van der Waals surface area contributed by atoms with Gasteiger partial charge in [-0.25, -0.2) is 0 Å². The highest BCUT2D eigenvalue weighted by molar-refractivity contribution is 5.92. The molecule has 1 N–H and O–H groups in total. The Balaban J connectivity index is 0.00000218. The third-order valence-corrected chi connectivity index (χ3v) is 10.3. The molecule has 0 bridgehead atoms. The maximum absolute atomic E-state index is 12.7. The van der Waals surface area contributed by atoms with E-state index in [1.165, 1.54) is 25.9 Å². The van der Waals surface area contributed by atoms with E-state index in [0.717, 1.165) is 50.7 Å². The summed E-state index contributed by atoms with van der Waals surface area (Å²) in [7, 11) is 0. The first kappa shape index (κ1) is 22.2. The van der Waals surface area contributed by atoms with Gasteiger partial charge in [0.1, 0.15) is 5.78 Å². The summed E-state index contributed by atoms with van der Waals surface area (Å²) in [4.78, 5) is 15.3. The zero-order valence-corrected chi connectivity index (χ0v) is 19.3. The van der Waals surface area contributed by atoms with E-state index in [1.54, 1.807) is 0 Å². The molecule has 5 heteroatoms. The molecular weight excluding hydrogens is 396 g/mol. The number of ketones is 1. The van der Waals surface area contributed by atoms with Crippen molar-refractivity contribution in [3.63, 3.8) is 0 Å². The topological polar surface area (TPSA) is 52.9 Å². The molecule has 4 saturated carbocycles. The van der Waals surface area contributed by atoms with Gasteiger partial charge in [-0.1, -0.05) is 19.0 Å². The first-order valence-corrected chi connectivity index (χ1v) is 11.9. The average molecular weight is 433 g/mol. The standard InChI is InChI=1S/C25H36N2O2.ClH/c1-4-16-13-18-19-7-8-23(28)24(19,2)10-9-20(18)25(3)21(16)14-17(15-22(25)26-29)27-11-5-6-12-27;/h1,16-21,29H,5-15H2,2-3H3;1H/t16?,17?,18-,19-,20+,21?,24-,25+;/m0./s1. The summed E-state index contributed by atoms with van der Waals surface area (Å²) in [5.74, 6) is 5.70. The van der Waals surface area contributed by atoms with Crippen molar-refractivity contribution >= 4 is 23.9 Å². The molecule has 166 valence electrons. The number of carbonyl (C=O) groups excluding carboxylic acids is 1. The fourth-order valence-electron chi connectivity index (χ4n) is 8.66. The van der Waals surface area contributed by atoms with Crippen LogP contribution in [0.15, 0.2) is 5.16 Å². The SMILES string of the molecule is C#CC1C[C@@H]2[C@@H](CC[C@]3(C)C(=O)CC[C@@H]23)[C@@]2(C)C(=NO)CC(N3CCCC3)CC12.Cl. The quantitative estimate of drug-likeness (QED) is 0.368. The summed E-state index contributed by atoms with van der Waals surface area (Å²) < 4.78 is 0. The van der Waals surface area contributed by atoms with E-state index in [-0.39, 0.29) is 29.2 Å². The summed E-state index contributed by atoms with van der Waals surface area (Å²) in [5.41, 5.74) is 0.721. The molecule has 1 saturated heterocycles. The summed E-state index contributed by atoms with van der Waals surface area (Å²) in [6.07, 6.45) is 15.6. The number of nitrogens with zero attached hydrogens (tertiary/aromatic N) is 2. The van der Waals surface area contributed by atoms with Gasteiger partial charge in [0.05, 0.1) is 5.71 Å². The van der Waals surface area contributed by atoms with E-state index < -0.39 is 0 Å². The largest absolute Gasteiger partial charge is 0.411 e. The van der Waals surface area contributed by atoms with Gasteiger partial charge in [-0.3, -0.25) is 9.69 Å². The number of terminal acetylenes is 1. The number of halogens is 1. The summed E-state index contributed by atoms with van der Waals surface area (Å²) in [5, 5.41) is 14.1. The fourth-order valence-corrected chi connectivity index (χ4v) is 8.66. The van der Waals surface area contributed by atoms with Gasteiger partial charge in [-0.15, -0.1) is 24.8 Å². The van der Waals surface area contributed by atoms with Gasteiger partial charge in [0.15, 0.2) is 0 Å². The Kier molecular flexibility index (Phi) is 5.78. The third kappa shape index (κ3) is 2.91. The molecule has 5 fully saturated rings. The highest BCUT2D eigenvalue weighted by Gasteiger charge is 2.64. The number of fused-ring (bicyclic) bond motifs is 5. The number of rotatable bonds is 1. The number of hydrogen-bond donors (Lipinski definition) is 1. The molecule has 1 heterocycles. The van der Waals surface area contributed by atoms with Crippen molar-refractivity contribution in [3.05, 3.63) is 0 Å². The Morgan fingerprint density at radius 3 is 2.53 bits per heavy atom.